The van der Waals surface area contributed by atoms with E-state index in [4.69, 9.17) is 4.74 Å². The van der Waals surface area contributed by atoms with Gasteiger partial charge >= 0.3 is 6.09 Å². The summed E-state index contributed by atoms with van der Waals surface area (Å²) in [6.45, 7) is 6.78. The molecule has 3 nitrogen and oxygen atoms in total. The first kappa shape index (κ1) is 14.3. The van der Waals surface area contributed by atoms with Crippen LogP contribution in [0, 0.1) is 5.82 Å². The zero-order chi connectivity index (χ0) is 14.2. The van der Waals surface area contributed by atoms with Crippen LogP contribution in [0.4, 0.5) is 9.18 Å². The lowest BCUT2D eigenvalue weighted by molar-refractivity contribution is 0.00818. The Kier molecular flexibility index (Phi) is 3.85. The Morgan fingerprint density at radius 3 is 2.58 bits per heavy atom. The van der Waals surface area contributed by atoms with E-state index in [1.165, 1.54) is 6.07 Å². The highest BCUT2D eigenvalue weighted by molar-refractivity contribution is 9.10. The van der Waals surface area contributed by atoms with Crippen molar-refractivity contribution in [2.24, 2.45) is 0 Å². The van der Waals surface area contributed by atoms with Crippen LogP contribution in [0.5, 0.6) is 0 Å². The lowest BCUT2D eigenvalue weighted by Crippen LogP contribution is -2.50. The maximum absolute atomic E-state index is 13.1. The normalized spacial score (nSPS) is 16.2. The van der Waals surface area contributed by atoms with Gasteiger partial charge in [0.05, 0.1) is 4.47 Å². The lowest BCUT2D eigenvalue weighted by atomic mass is 9.92. The molecule has 1 aromatic rings. The number of amides is 1. The molecule has 1 aromatic carbocycles. The first-order valence-electron chi connectivity index (χ1n) is 6.19. The monoisotopic (exact) mass is 329 g/mol. The van der Waals surface area contributed by atoms with Crippen molar-refractivity contribution in [3.05, 3.63) is 34.1 Å². The predicted molar refractivity (Wildman–Crippen MR) is 74.6 cm³/mol. The molecular weight excluding hydrogens is 313 g/mol. The van der Waals surface area contributed by atoms with Crippen molar-refractivity contribution in [2.75, 3.05) is 13.1 Å². The number of halogens is 2. The summed E-state index contributed by atoms with van der Waals surface area (Å²) in [4.78, 5) is 13.4. The number of carbonyl (C=O) groups is 1. The SMILES string of the molecule is CC(C)(C)OC(=O)N1CC(c2ccc(F)c(Br)c2)C1. The van der Waals surface area contributed by atoms with Crippen molar-refractivity contribution in [1.29, 1.82) is 0 Å². The fourth-order valence-corrected chi connectivity index (χ4v) is 2.33. The van der Waals surface area contributed by atoms with E-state index in [-0.39, 0.29) is 17.8 Å². The van der Waals surface area contributed by atoms with Crippen molar-refractivity contribution in [1.82, 2.24) is 4.90 Å². The van der Waals surface area contributed by atoms with Crippen molar-refractivity contribution in [3.63, 3.8) is 0 Å². The zero-order valence-corrected chi connectivity index (χ0v) is 12.8. The van der Waals surface area contributed by atoms with Gasteiger partial charge in [-0.3, -0.25) is 0 Å². The van der Waals surface area contributed by atoms with E-state index >= 15 is 0 Å². The minimum atomic E-state index is -0.471. The van der Waals surface area contributed by atoms with Gasteiger partial charge in [-0.15, -0.1) is 0 Å². The van der Waals surface area contributed by atoms with Crippen molar-refractivity contribution in [2.45, 2.75) is 32.3 Å². The summed E-state index contributed by atoms with van der Waals surface area (Å²) in [7, 11) is 0. The van der Waals surface area contributed by atoms with E-state index in [9.17, 15) is 9.18 Å². The number of hydrogen-bond donors (Lipinski definition) is 0. The van der Waals surface area contributed by atoms with Gasteiger partial charge in [0.1, 0.15) is 11.4 Å². The molecule has 5 heteroatoms. The molecule has 1 amide bonds. The number of nitrogens with zero attached hydrogens (tertiary/aromatic N) is 1. The largest absolute Gasteiger partial charge is 0.444 e. The molecule has 1 saturated heterocycles. The molecule has 1 aliphatic heterocycles. The topological polar surface area (TPSA) is 29.5 Å². The van der Waals surface area contributed by atoms with Gasteiger partial charge < -0.3 is 9.64 Å². The molecule has 1 aliphatic rings. The van der Waals surface area contributed by atoms with Gasteiger partial charge in [0, 0.05) is 19.0 Å². The minimum absolute atomic E-state index is 0.254. The molecule has 0 saturated carbocycles. The van der Waals surface area contributed by atoms with Gasteiger partial charge in [-0.05, 0) is 54.4 Å². The summed E-state index contributed by atoms with van der Waals surface area (Å²) in [5, 5.41) is 0. The maximum Gasteiger partial charge on any atom is 0.410 e. The summed E-state index contributed by atoms with van der Waals surface area (Å²) in [5.74, 6) is -0.0171. The summed E-state index contributed by atoms with van der Waals surface area (Å²) in [6, 6.07) is 4.97. The standard InChI is InChI=1S/C14H17BrFNO2/c1-14(2,3)19-13(18)17-7-10(8-17)9-4-5-12(16)11(15)6-9/h4-6,10H,7-8H2,1-3H3. The molecule has 2 rings (SSSR count). The van der Waals surface area contributed by atoms with E-state index in [0.29, 0.717) is 17.6 Å². The van der Waals surface area contributed by atoms with Gasteiger partial charge in [0.15, 0.2) is 0 Å². The molecule has 0 unspecified atom stereocenters. The van der Waals surface area contributed by atoms with Crippen LogP contribution in [0.25, 0.3) is 0 Å². The molecule has 1 fully saturated rings. The number of benzene rings is 1. The van der Waals surface area contributed by atoms with Crippen LogP contribution < -0.4 is 0 Å². The van der Waals surface area contributed by atoms with E-state index in [1.54, 1.807) is 17.0 Å². The fourth-order valence-electron chi connectivity index (χ4n) is 1.93. The highest BCUT2D eigenvalue weighted by Crippen LogP contribution is 2.30. The second-order valence-corrected chi connectivity index (χ2v) is 6.61. The van der Waals surface area contributed by atoms with E-state index in [2.05, 4.69) is 15.9 Å². The van der Waals surface area contributed by atoms with Gasteiger partial charge in [0.25, 0.3) is 0 Å². The average molecular weight is 330 g/mol. The average Bonchev–Trinajstić information content (AvgIpc) is 2.18. The molecule has 0 radical (unpaired) electrons. The Morgan fingerprint density at radius 1 is 1.42 bits per heavy atom. The van der Waals surface area contributed by atoms with Crippen LogP contribution in [0.3, 0.4) is 0 Å². The Morgan fingerprint density at radius 2 is 2.05 bits per heavy atom. The quantitative estimate of drug-likeness (QED) is 0.781. The molecule has 0 spiro atoms. The second-order valence-electron chi connectivity index (χ2n) is 5.76. The number of carbonyl (C=O) groups excluding carboxylic acids is 1. The molecule has 0 N–H and O–H groups in total. The first-order chi connectivity index (χ1) is 8.76. The smallest absolute Gasteiger partial charge is 0.410 e. The highest BCUT2D eigenvalue weighted by atomic mass is 79.9. The third-order valence-electron chi connectivity index (χ3n) is 2.95. The molecule has 0 aliphatic carbocycles. The molecule has 0 atom stereocenters. The predicted octanol–water partition coefficient (Wildman–Crippen LogP) is 3.92. The van der Waals surface area contributed by atoms with Crippen molar-refractivity contribution >= 4 is 22.0 Å². The summed E-state index contributed by atoms with van der Waals surface area (Å²) >= 11 is 3.17. The molecule has 19 heavy (non-hydrogen) atoms. The molecule has 0 bridgehead atoms. The first-order valence-corrected chi connectivity index (χ1v) is 6.98. The van der Waals surface area contributed by atoms with Gasteiger partial charge in [-0.25, -0.2) is 9.18 Å². The number of ether oxygens (including phenoxy) is 1. The number of likely N-dealkylation sites (tertiary alicyclic amines) is 1. The van der Waals surface area contributed by atoms with Gasteiger partial charge in [-0.2, -0.15) is 0 Å². The van der Waals surface area contributed by atoms with Gasteiger partial charge in [-0.1, -0.05) is 6.07 Å². The third kappa shape index (κ3) is 3.47. The highest BCUT2D eigenvalue weighted by Gasteiger charge is 2.34. The van der Waals surface area contributed by atoms with Crippen LogP contribution in [-0.2, 0) is 4.74 Å². The van der Waals surface area contributed by atoms with E-state index in [0.717, 1.165) is 5.56 Å². The Hall–Kier alpha value is -1.10. The Labute approximate surface area is 120 Å². The fraction of sp³-hybridized carbons (Fsp3) is 0.500. The van der Waals surface area contributed by atoms with E-state index in [1.807, 2.05) is 20.8 Å². The van der Waals surface area contributed by atoms with Gasteiger partial charge in [0.2, 0.25) is 0 Å². The summed E-state index contributed by atoms with van der Waals surface area (Å²) in [5.41, 5.74) is 0.564. The number of hydrogen-bond acceptors (Lipinski definition) is 2. The Balaban J connectivity index is 1.92. The lowest BCUT2D eigenvalue weighted by Gasteiger charge is -2.40. The third-order valence-corrected chi connectivity index (χ3v) is 3.56. The molecule has 104 valence electrons. The summed E-state index contributed by atoms with van der Waals surface area (Å²) < 4.78 is 18.9. The van der Waals surface area contributed by atoms with Crippen LogP contribution in [0.1, 0.15) is 32.3 Å². The van der Waals surface area contributed by atoms with Crippen LogP contribution in [0.2, 0.25) is 0 Å². The van der Waals surface area contributed by atoms with Crippen molar-refractivity contribution in [3.8, 4) is 0 Å². The zero-order valence-electron chi connectivity index (χ0n) is 11.2. The van der Waals surface area contributed by atoms with Crippen LogP contribution >= 0.6 is 15.9 Å². The van der Waals surface area contributed by atoms with Crippen LogP contribution in [0.15, 0.2) is 22.7 Å². The molecule has 1 heterocycles. The second kappa shape index (κ2) is 5.12. The summed E-state index contributed by atoms with van der Waals surface area (Å²) in [6.07, 6.45) is -0.287. The molecule has 0 aromatic heterocycles. The minimum Gasteiger partial charge on any atom is -0.444 e. The molecular formula is C14H17BrFNO2. The number of rotatable bonds is 1. The van der Waals surface area contributed by atoms with Crippen LogP contribution in [-0.4, -0.2) is 29.7 Å². The van der Waals surface area contributed by atoms with Crippen molar-refractivity contribution < 1.29 is 13.9 Å². The van der Waals surface area contributed by atoms with E-state index < -0.39 is 5.60 Å². The maximum atomic E-state index is 13.1. The Bertz CT molecular complexity index is 493.